The van der Waals surface area contributed by atoms with E-state index >= 15 is 0 Å². The number of carbonyl (C=O) groups excluding carboxylic acids is 1. The van der Waals surface area contributed by atoms with Crippen molar-refractivity contribution in [2.24, 2.45) is 0 Å². The third-order valence-corrected chi connectivity index (χ3v) is 4.88. The fourth-order valence-corrected chi connectivity index (χ4v) is 3.28. The van der Waals surface area contributed by atoms with Gasteiger partial charge in [-0.15, -0.1) is 0 Å². The maximum atomic E-state index is 11.6. The highest BCUT2D eigenvalue weighted by atomic mass is 35.5. The SMILES string of the molecule is COC(=O)c1cc(NC(=S)NCCSCc2ccccc2)ccc1Cl. The molecule has 25 heavy (non-hydrogen) atoms. The van der Waals surface area contributed by atoms with Crippen molar-refractivity contribution in [3.63, 3.8) is 0 Å². The lowest BCUT2D eigenvalue weighted by molar-refractivity contribution is 0.0601. The zero-order chi connectivity index (χ0) is 18.1. The largest absolute Gasteiger partial charge is 0.465 e. The van der Waals surface area contributed by atoms with Crippen LogP contribution in [0.15, 0.2) is 48.5 Å². The van der Waals surface area contributed by atoms with Crippen molar-refractivity contribution in [2.75, 3.05) is 24.7 Å². The van der Waals surface area contributed by atoms with Crippen molar-refractivity contribution in [1.29, 1.82) is 0 Å². The number of carbonyl (C=O) groups is 1. The molecule has 0 saturated heterocycles. The molecule has 4 nitrogen and oxygen atoms in total. The molecule has 2 rings (SSSR count). The van der Waals surface area contributed by atoms with Gasteiger partial charge in [0.05, 0.1) is 17.7 Å². The number of hydrogen-bond acceptors (Lipinski definition) is 4. The highest BCUT2D eigenvalue weighted by Gasteiger charge is 2.11. The summed E-state index contributed by atoms with van der Waals surface area (Å²) in [6, 6.07) is 15.3. The number of methoxy groups -OCH3 is 1. The van der Waals surface area contributed by atoms with Crippen LogP contribution in [0, 0.1) is 0 Å². The first kappa shape index (κ1) is 19.6. The molecule has 0 amide bonds. The van der Waals surface area contributed by atoms with Gasteiger partial charge in [-0.25, -0.2) is 4.79 Å². The van der Waals surface area contributed by atoms with Gasteiger partial charge in [0.25, 0.3) is 0 Å². The minimum atomic E-state index is -0.482. The number of halogens is 1. The molecular formula is C18H19ClN2O2S2. The summed E-state index contributed by atoms with van der Waals surface area (Å²) in [6.07, 6.45) is 0. The van der Waals surface area contributed by atoms with Crippen LogP contribution in [0.4, 0.5) is 5.69 Å². The number of hydrogen-bond donors (Lipinski definition) is 2. The molecule has 0 aliphatic heterocycles. The van der Waals surface area contributed by atoms with Gasteiger partial charge in [-0.3, -0.25) is 0 Å². The van der Waals surface area contributed by atoms with Gasteiger partial charge in [-0.2, -0.15) is 11.8 Å². The molecule has 2 aromatic rings. The first-order valence-corrected chi connectivity index (χ1v) is 9.58. The molecular weight excluding hydrogens is 376 g/mol. The van der Waals surface area contributed by atoms with Crippen molar-refractivity contribution >= 4 is 52.3 Å². The van der Waals surface area contributed by atoms with E-state index in [9.17, 15) is 4.79 Å². The lowest BCUT2D eigenvalue weighted by atomic mass is 10.2. The molecule has 0 unspecified atom stereocenters. The summed E-state index contributed by atoms with van der Waals surface area (Å²) >= 11 is 13.1. The topological polar surface area (TPSA) is 50.4 Å². The van der Waals surface area contributed by atoms with Crippen LogP contribution in [0.1, 0.15) is 15.9 Å². The number of anilines is 1. The van der Waals surface area contributed by atoms with Crippen LogP contribution in [-0.4, -0.2) is 30.5 Å². The molecule has 0 atom stereocenters. The molecule has 2 aromatic carbocycles. The van der Waals surface area contributed by atoms with E-state index in [4.69, 9.17) is 28.6 Å². The number of nitrogens with one attached hydrogen (secondary N) is 2. The predicted molar refractivity (Wildman–Crippen MR) is 110 cm³/mol. The Labute approximate surface area is 162 Å². The zero-order valence-corrected chi connectivity index (χ0v) is 16.1. The molecule has 2 N–H and O–H groups in total. The van der Waals surface area contributed by atoms with E-state index in [2.05, 4.69) is 22.8 Å². The fourth-order valence-electron chi connectivity index (χ4n) is 2.05. The summed E-state index contributed by atoms with van der Waals surface area (Å²) in [4.78, 5) is 11.6. The Kier molecular flexibility index (Phi) is 8.04. The molecule has 0 saturated carbocycles. The lowest BCUT2D eigenvalue weighted by Crippen LogP contribution is -2.30. The standard InChI is InChI=1S/C18H19ClN2O2S2/c1-23-17(22)15-11-14(7-8-16(15)19)21-18(24)20-9-10-25-12-13-5-3-2-4-6-13/h2-8,11H,9-10,12H2,1H3,(H2,20,21,24). The average molecular weight is 395 g/mol. The molecule has 0 heterocycles. The van der Waals surface area contributed by atoms with Crippen molar-refractivity contribution in [2.45, 2.75) is 5.75 Å². The van der Waals surface area contributed by atoms with Crippen LogP contribution in [0.3, 0.4) is 0 Å². The van der Waals surface area contributed by atoms with E-state index < -0.39 is 5.97 Å². The molecule has 0 aromatic heterocycles. The van der Waals surface area contributed by atoms with Crippen molar-refractivity contribution < 1.29 is 9.53 Å². The van der Waals surface area contributed by atoms with E-state index in [0.29, 0.717) is 21.4 Å². The highest BCUT2D eigenvalue weighted by Crippen LogP contribution is 2.21. The van der Waals surface area contributed by atoms with Crippen LogP contribution >= 0.6 is 35.6 Å². The Bertz CT molecular complexity index is 726. The summed E-state index contributed by atoms with van der Waals surface area (Å²) in [6.45, 7) is 0.751. The van der Waals surface area contributed by atoms with E-state index in [1.54, 1.807) is 18.2 Å². The van der Waals surface area contributed by atoms with Crippen LogP contribution in [-0.2, 0) is 10.5 Å². The van der Waals surface area contributed by atoms with E-state index in [1.165, 1.54) is 12.7 Å². The van der Waals surface area contributed by atoms with Gasteiger partial charge < -0.3 is 15.4 Å². The number of rotatable bonds is 7. The summed E-state index contributed by atoms with van der Waals surface area (Å²) < 4.78 is 4.70. The Morgan fingerprint density at radius 2 is 2.00 bits per heavy atom. The minimum Gasteiger partial charge on any atom is -0.465 e. The minimum absolute atomic E-state index is 0.301. The normalized spacial score (nSPS) is 10.2. The number of thioether (sulfide) groups is 1. The second-order valence-electron chi connectivity index (χ2n) is 5.11. The quantitative estimate of drug-likeness (QED) is 0.413. The summed E-state index contributed by atoms with van der Waals surface area (Å²) in [5.74, 6) is 1.43. The van der Waals surface area contributed by atoms with Crippen LogP contribution < -0.4 is 10.6 Å². The first-order chi connectivity index (χ1) is 12.1. The van der Waals surface area contributed by atoms with Crippen molar-refractivity contribution in [3.05, 3.63) is 64.7 Å². The van der Waals surface area contributed by atoms with Crippen molar-refractivity contribution in [3.8, 4) is 0 Å². The van der Waals surface area contributed by atoms with Crippen molar-refractivity contribution in [1.82, 2.24) is 5.32 Å². The van der Waals surface area contributed by atoms with Gasteiger partial charge in [0.15, 0.2) is 5.11 Å². The molecule has 0 radical (unpaired) electrons. The Hall–Kier alpha value is -1.76. The molecule has 0 bridgehead atoms. The first-order valence-electron chi connectivity index (χ1n) is 7.64. The third-order valence-electron chi connectivity index (χ3n) is 3.27. The smallest absolute Gasteiger partial charge is 0.339 e. The summed E-state index contributed by atoms with van der Waals surface area (Å²) in [7, 11) is 1.32. The van der Waals surface area contributed by atoms with Gasteiger partial charge in [-0.05, 0) is 36.0 Å². The Balaban J connectivity index is 1.74. The van der Waals surface area contributed by atoms with Gasteiger partial charge in [0.1, 0.15) is 0 Å². The van der Waals surface area contributed by atoms with E-state index in [0.717, 1.165) is 18.1 Å². The second kappa shape index (κ2) is 10.3. The Morgan fingerprint density at radius 1 is 1.24 bits per heavy atom. The van der Waals surface area contributed by atoms with Gasteiger partial charge in [0, 0.05) is 23.7 Å². The summed E-state index contributed by atoms with van der Waals surface area (Å²) in [5, 5.41) is 7.03. The number of esters is 1. The molecule has 7 heteroatoms. The summed E-state index contributed by atoms with van der Waals surface area (Å²) in [5.41, 5.74) is 2.29. The van der Waals surface area contributed by atoms with E-state index in [1.807, 2.05) is 30.0 Å². The van der Waals surface area contributed by atoms with Gasteiger partial charge >= 0.3 is 5.97 Å². The number of benzene rings is 2. The third kappa shape index (κ3) is 6.57. The van der Waals surface area contributed by atoms with E-state index in [-0.39, 0.29) is 0 Å². The van der Waals surface area contributed by atoms with Crippen LogP contribution in [0.25, 0.3) is 0 Å². The van der Waals surface area contributed by atoms with Gasteiger partial charge in [-0.1, -0.05) is 41.9 Å². The highest BCUT2D eigenvalue weighted by molar-refractivity contribution is 7.98. The zero-order valence-electron chi connectivity index (χ0n) is 13.8. The fraction of sp³-hybridized carbons (Fsp3) is 0.222. The predicted octanol–water partition coefficient (Wildman–Crippen LogP) is 4.35. The van der Waals surface area contributed by atoms with Gasteiger partial charge in [0.2, 0.25) is 0 Å². The maximum absolute atomic E-state index is 11.6. The average Bonchev–Trinajstić information content (AvgIpc) is 2.63. The molecule has 0 spiro atoms. The Morgan fingerprint density at radius 3 is 2.72 bits per heavy atom. The number of ether oxygens (including phenoxy) is 1. The lowest BCUT2D eigenvalue weighted by Gasteiger charge is -2.12. The molecule has 0 aliphatic carbocycles. The number of thiocarbonyl (C=S) groups is 1. The monoisotopic (exact) mass is 394 g/mol. The molecule has 0 fully saturated rings. The maximum Gasteiger partial charge on any atom is 0.339 e. The van der Waals surface area contributed by atoms with Crippen LogP contribution in [0.5, 0.6) is 0 Å². The molecule has 132 valence electrons. The van der Waals surface area contributed by atoms with Crippen LogP contribution in [0.2, 0.25) is 5.02 Å². The second-order valence-corrected chi connectivity index (χ2v) is 7.03. The molecule has 0 aliphatic rings.